The highest BCUT2D eigenvalue weighted by Gasteiger charge is 2.21. The quantitative estimate of drug-likeness (QED) is 0.862. The zero-order valence-corrected chi connectivity index (χ0v) is 13.0. The molecule has 2 N–H and O–H groups in total. The largest absolute Gasteiger partial charge is 0.389 e. The molecular weight excluding hydrogens is 278 g/mol. The number of para-hydroxylation sites is 1. The molecule has 2 aromatic rings. The molecule has 0 aliphatic carbocycles. The summed E-state index contributed by atoms with van der Waals surface area (Å²) in [5, 5.41) is 0. The molecular formula is C17H19N3S. The van der Waals surface area contributed by atoms with E-state index in [9.17, 15) is 0 Å². The van der Waals surface area contributed by atoms with E-state index in [1.807, 2.05) is 19.1 Å². The van der Waals surface area contributed by atoms with Crippen LogP contribution in [0.2, 0.25) is 0 Å². The molecule has 0 saturated heterocycles. The SMILES string of the molecule is Cc1ccc(C(N)=S)c(N2CCCCc3ccccc32)n1. The zero-order chi connectivity index (χ0) is 14.8. The van der Waals surface area contributed by atoms with Gasteiger partial charge in [0.15, 0.2) is 0 Å². The van der Waals surface area contributed by atoms with Gasteiger partial charge in [-0.25, -0.2) is 4.98 Å². The van der Waals surface area contributed by atoms with Crippen LogP contribution in [0.3, 0.4) is 0 Å². The van der Waals surface area contributed by atoms with Crippen LogP contribution < -0.4 is 10.6 Å². The normalized spacial score (nSPS) is 14.4. The third kappa shape index (κ3) is 2.76. The van der Waals surface area contributed by atoms with E-state index in [1.54, 1.807) is 0 Å². The van der Waals surface area contributed by atoms with E-state index in [0.717, 1.165) is 36.5 Å². The Bertz CT molecular complexity index is 681. The molecule has 0 bridgehead atoms. The highest BCUT2D eigenvalue weighted by Crippen LogP contribution is 2.33. The lowest BCUT2D eigenvalue weighted by Crippen LogP contribution is -2.24. The minimum Gasteiger partial charge on any atom is -0.389 e. The second kappa shape index (κ2) is 5.82. The van der Waals surface area contributed by atoms with Gasteiger partial charge in [0, 0.05) is 17.9 Å². The third-order valence-electron chi connectivity index (χ3n) is 3.90. The molecule has 1 aromatic heterocycles. The summed E-state index contributed by atoms with van der Waals surface area (Å²) in [4.78, 5) is 7.39. The predicted octanol–water partition coefficient (Wildman–Crippen LogP) is 3.50. The fourth-order valence-electron chi connectivity index (χ4n) is 2.85. The van der Waals surface area contributed by atoms with Gasteiger partial charge in [0.25, 0.3) is 0 Å². The van der Waals surface area contributed by atoms with Crippen LogP contribution in [0.15, 0.2) is 36.4 Å². The minimum atomic E-state index is 0.402. The Morgan fingerprint density at radius 2 is 2.00 bits per heavy atom. The first-order chi connectivity index (χ1) is 10.2. The molecule has 108 valence electrons. The van der Waals surface area contributed by atoms with Crippen LogP contribution in [0.25, 0.3) is 0 Å². The first kappa shape index (κ1) is 14.0. The molecule has 21 heavy (non-hydrogen) atoms. The van der Waals surface area contributed by atoms with Gasteiger partial charge in [-0.05, 0) is 49.9 Å². The summed E-state index contributed by atoms with van der Waals surface area (Å²) in [6, 6.07) is 12.5. The average Bonchev–Trinajstić information content (AvgIpc) is 2.69. The van der Waals surface area contributed by atoms with E-state index in [4.69, 9.17) is 22.9 Å². The Kier molecular flexibility index (Phi) is 3.88. The van der Waals surface area contributed by atoms with Gasteiger partial charge in [-0.3, -0.25) is 0 Å². The van der Waals surface area contributed by atoms with E-state index >= 15 is 0 Å². The van der Waals surface area contributed by atoms with E-state index in [0.29, 0.717) is 4.99 Å². The van der Waals surface area contributed by atoms with E-state index in [-0.39, 0.29) is 0 Å². The number of benzene rings is 1. The molecule has 3 nitrogen and oxygen atoms in total. The third-order valence-corrected chi connectivity index (χ3v) is 4.12. The molecule has 0 radical (unpaired) electrons. The average molecular weight is 297 g/mol. The van der Waals surface area contributed by atoms with Crippen LogP contribution in [0.4, 0.5) is 11.5 Å². The van der Waals surface area contributed by atoms with Crippen molar-refractivity contribution in [2.75, 3.05) is 11.4 Å². The number of nitrogens with two attached hydrogens (primary N) is 1. The molecule has 1 aliphatic rings. The summed E-state index contributed by atoms with van der Waals surface area (Å²) >= 11 is 5.21. The fraction of sp³-hybridized carbons (Fsp3) is 0.294. The van der Waals surface area contributed by atoms with Gasteiger partial charge in [-0.15, -0.1) is 0 Å². The second-order valence-corrected chi connectivity index (χ2v) is 5.87. The van der Waals surface area contributed by atoms with Crippen molar-refractivity contribution in [3.05, 3.63) is 53.2 Å². The van der Waals surface area contributed by atoms with Crippen molar-refractivity contribution in [2.45, 2.75) is 26.2 Å². The molecule has 3 rings (SSSR count). The molecule has 0 saturated carbocycles. The van der Waals surface area contributed by atoms with Crippen molar-refractivity contribution >= 4 is 28.7 Å². The topological polar surface area (TPSA) is 42.1 Å². The Labute approximate surface area is 130 Å². The number of aromatic nitrogens is 1. The van der Waals surface area contributed by atoms with Gasteiger partial charge in [0.2, 0.25) is 0 Å². The summed E-state index contributed by atoms with van der Waals surface area (Å²) < 4.78 is 0. The fourth-order valence-corrected chi connectivity index (χ4v) is 3.01. The smallest absolute Gasteiger partial charge is 0.143 e. The monoisotopic (exact) mass is 297 g/mol. The van der Waals surface area contributed by atoms with Gasteiger partial charge in [-0.1, -0.05) is 30.4 Å². The first-order valence-electron chi connectivity index (χ1n) is 7.30. The number of anilines is 2. The van der Waals surface area contributed by atoms with Crippen molar-refractivity contribution in [1.29, 1.82) is 0 Å². The number of rotatable bonds is 2. The van der Waals surface area contributed by atoms with Crippen molar-refractivity contribution in [2.24, 2.45) is 5.73 Å². The minimum absolute atomic E-state index is 0.402. The van der Waals surface area contributed by atoms with Crippen LogP contribution >= 0.6 is 12.2 Å². The molecule has 1 aromatic carbocycles. The highest BCUT2D eigenvalue weighted by molar-refractivity contribution is 7.80. The molecule has 2 heterocycles. The maximum absolute atomic E-state index is 5.90. The van der Waals surface area contributed by atoms with Crippen LogP contribution in [0, 0.1) is 6.92 Å². The lowest BCUT2D eigenvalue weighted by atomic mass is 10.1. The molecule has 0 atom stereocenters. The van der Waals surface area contributed by atoms with E-state index < -0.39 is 0 Å². The lowest BCUT2D eigenvalue weighted by Gasteiger charge is -2.26. The zero-order valence-electron chi connectivity index (χ0n) is 12.2. The summed E-state index contributed by atoms with van der Waals surface area (Å²) in [6.07, 6.45) is 3.45. The first-order valence-corrected chi connectivity index (χ1v) is 7.70. The van der Waals surface area contributed by atoms with Crippen LogP contribution in [-0.4, -0.2) is 16.5 Å². The van der Waals surface area contributed by atoms with E-state index in [2.05, 4.69) is 29.2 Å². The maximum Gasteiger partial charge on any atom is 0.143 e. The van der Waals surface area contributed by atoms with Gasteiger partial charge < -0.3 is 10.6 Å². The predicted molar refractivity (Wildman–Crippen MR) is 91.2 cm³/mol. The van der Waals surface area contributed by atoms with Crippen molar-refractivity contribution in [1.82, 2.24) is 4.98 Å². The number of fused-ring (bicyclic) bond motifs is 1. The second-order valence-electron chi connectivity index (χ2n) is 5.43. The van der Waals surface area contributed by atoms with Crippen LogP contribution in [-0.2, 0) is 6.42 Å². The lowest BCUT2D eigenvalue weighted by molar-refractivity contribution is 0.757. The van der Waals surface area contributed by atoms with Gasteiger partial charge in [-0.2, -0.15) is 0 Å². The summed E-state index contributed by atoms with van der Waals surface area (Å²) in [5.41, 5.74) is 10.3. The molecule has 1 aliphatic heterocycles. The van der Waals surface area contributed by atoms with Crippen molar-refractivity contribution < 1.29 is 0 Å². The maximum atomic E-state index is 5.90. The Morgan fingerprint density at radius 3 is 2.81 bits per heavy atom. The van der Waals surface area contributed by atoms with Gasteiger partial charge in [0.05, 0.1) is 5.56 Å². The van der Waals surface area contributed by atoms with E-state index in [1.165, 1.54) is 17.7 Å². The molecule has 0 fully saturated rings. The highest BCUT2D eigenvalue weighted by atomic mass is 32.1. The summed E-state index contributed by atoms with van der Waals surface area (Å²) in [5.74, 6) is 0.886. The molecule has 0 unspecified atom stereocenters. The summed E-state index contributed by atoms with van der Waals surface area (Å²) in [7, 11) is 0. The number of aryl methyl sites for hydroxylation is 2. The van der Waals surface area contributed by atoms with Gasteiger partial charge >= 0.3 is 0 Å². The van der Waals surface area contributed by atoms with Crippen LogP contribution in [0.1, 0.15) is 29.7 Å². The van der Waals surface area contributed by atoms with Gasteiger partial charge in [0.1, 0.15) is 10.8 Å². The molecule has 0 spiro atoms. The van der Waals surface area contributed by atoms with Crippen LogP contribution in [0.5, 0.6) is 0 Å². The van der Waals surface area contributed by atoms with Crippen molar-refractivity contribution in [3.8, 4) is 0 Å². The number of thiocarbonyl (C=S) groups is 1. The number of nitrogens with zero attached hydrogens (tertiary/aromatic N) is 2. The standard InChI is InChI=1S/C17H19N3S/c1-12-9-10-14(16(18)21)17(19-12)20-11-5-4-7-13-6-2-3-8-15(13)20/h2-3,6,8-10H,4-5,7,11H2,1H3,(H2,18,21). The molecule has 0 amide bonds. The number of hydrogen-bond donors (Lipinski definition) is 1. The van der Waals surface area contributed by atoms with Crippen molar-refractivity contribution in [3.63, 3.8) is 0 Å². The Morgan fingerprint density at radius 1 is 1.19 bits per heavy atom. The summed E-state index contributed by atoms with van der Waals surface area (Å²) in [6.45, 7) is 2.94. The Balaban J connectivity index is 2.16. The Hall–Kier alpha value is -1.94. The number of pyridine rings is 1. The molecule has 4 heteroatoms. The number of hydrogen-bond acceptors (Lipinski definition) is 3.